The van der Waals surface area contributed by atoms with Crippen molar-refractivity contribution in [3.63, 3.8) is 0 Å². The number of phenolic OH excluding ortho intramolecular Hbond substituents is 1. The Hall–Kier alpha value is -2.36. The number of fused-ring (bicyclic) bond motifs is 3. The monoisotopic (exact) mass is 661 g/mol. The summed E-state index contributed by atoms with van der Waals surface area (Å²) in [4.78, 5) is 0. The van der Waals surface area contributed by atoms with Gasteiger partial charge in [-0.05, 0) is 136 Å². The molecule has 2 aromatic rings. The fraction of sp³-hybridized carbons (Fsp3) is 0.727. The van der Waals surface area contributed by atoms with E-state index in [9.17, 15) is 5.11 Å². The SMILES string of the molecule is CCCCCc1cc(OCCOc2cc(CCCCC)cc(O)c2[C@@H]2C[C@H](C)CC[C@H]2C(C)C)c2c(c1)OC(C)(C)[C@@H]1CC[C@@H](C)C[C@@H]21. The zero-order valence-electron chi connectivity index (χ0n) is 31.8. The topological polar surface area (TPSA) is 47.9 Å². The lowest BCUT2D eigenvalue weighted by Gasteiger charge is -2.49. The molecule has 4 heteroatoms. The first-order chi connectivity index (χ1) is 23.0. The molecule has 0 saturated heterocycles. The number of rotatable bonds is 15. The van der Waals surface area contributed by atoms with E-state index in [1.54, 1.807) is 0 Å². The summed E-state index contributed by atoms with van der Waals surface area (Å²) in [5, 5.41) is 11.6. The number of unbranched alkanes of at least 4 members (excludes halogenated alkanes) is 4. The van der Waals surface area contributed by atoms with Gasteiger partial charge in [-0.3, -0.25) is 0 Å². The van der Waals surface area contributed by atoms with Crippen LogP contribution < -0.4 is 14.2 Å². The normalized spacial score (nSPS) is 26.4. The molecule has 2 aliphatic carbocycles. The number of ether oxygens (including phenoxy) is 3. The van der Waals surface area contributed by atoms with Gasteiger partial charge in [0.05, 0.1) is 0 Å². The third kappa shape index (κ3) is 8.67. The summed E-state index contributed by atoms with van der Waals surface area (Å²) in [6.45, 7) is 19.5. The van der Waals surface area contributed by atoms with E-state index in [1.807, 2.05) is 6.07 Å². The number of benzene rings is 2. The summed E-state index contributed by atoms with van der Waals surface area (Å²) in [6.07, 6.45) is 16.4. The Morgan fingerprint density at radius 1 is 0.750 bits per heavy atom. The maximum atomic E-state index is 11.6. The Kier molecular flexibility index (Phi) is 12.7. The van der Waals surface area contributed by atoms with Gasteiger partial charge < -0.3 is 19.3 Å². The van der Waals surface area contributed by atoms with E-state index in [0.717, 1.165) is 48.5 Å². The lowest BCUT2D eigenvalue weighted by molar-refractivity contribution is -0.0149. The molecule has 268 valence electrons. The van der Waals surface area contributed by atoms with Crippen LogP contribution in [-0.2, 0) is 12.8 Å². The molecule has 4 nitrogen and oxygen atoms in total. The number of hydrogen-bond donors (Lipinski definition) is 1. The van der Waals surface area contributed by atoms with Crippen molar-refractivity contribution in [2.45, 2.75) is 163 Å². The first kappa shape index (κ1) is 36.9. The van der Waals surface area contributed by atoms with Crippen LogP contribution in [0, 0.1) is 29.6 Å². The van der Waals surface area contributed by atoms with Crippen LogP contribution in [0.5, 0.6) is 23.0 Å². The molecule has 0 amide bonds. The zero-order valence-corrected chi connectivity index (χ0v) is 31.8. The summed E-state index contributed by atoms with van der Waals surface area (Å²) in [5.74, 6) is 7.08. The fourth-order valence-corrected chi connectivity index (χ4v) is 9.56. The van der Waals surface area contributed by atoms with Gasteiger partial charge in [0, 0.05) is 17.0 Å². The van der Waals surface area contributed by atoms with E-state index in [1.165, 1.54) is 80.9 Å². The van der Waals surface area contributed by atoms with E-state index in [-0.39, 0.29) is 5.60 Å². The van der Waals surface area contributed by atoms with Crippen molar-refractivity contribution < 1.29 is 19.3 Å². The van der Waals surface area contributed by atoms with Gasteiger partial charge in [-0.2, -0.15) is 0 Å². The van der Waals surface area contributed by atoms with Crippen LogP contribution in [0.1, 0.15) is 167 Å². The molecular weight excluding hydrogens is 592 g/mol. The molecule has 1 heterocycles. The van der Waals surface area contributed by atoms with Crippen LogP contribution in [0.2, 0.25) is 0 Å². The lowest BCUT2D eigenvalue weighted by Crippen LogP contribution is -2.46. The Morgan fingerprint density at radius 3 is 1.92 bits per heavy atom. The minimum absolute atomic E-state index is 0.175. The average Bonchev–Trinajstić information content (AvgIpc) is 3.02. The highest BCUT2D eigenvalue weighted by molar-refractivity contribution is 5.53. The predicted molar refractivity (Wildman–Crippen MR) is 200 cm³/mol. The van der Waals surface area contributed by atoms with E-state index in [2.05, 4.69) is 73.6 Å². The van der Waals surface area contributed by atoms with E-state index in [4.69, 9.17) is 14.2 Å². The average molecular weight is 661 g/mol. The van der Waals surface area contributed by atoms with Crippen molar-refractivity contribution >= 4 is 0 Å². The van der Waals surface area contributed by atoms with Gasteiger partial charge >= 0.3 is 0 Å². The lowest BCUT2D eigenvalue weighted by atomic mass is 9.64. The van der Waals surface area contributed by atoms with E-state index < -0.39 is 0 Å². The standard InChI is InChI=1S/C44H68O4/c1-9-11-13-15-32-25-38(45)42(35-23-30(5)17-19-34(35)29(3)4)39(26-32)46-21-22-47-40-27-33(16-14-12-10-2)28-41-43(40)36-24-31(6)18-20-37(36)44(7,8)48-41/h25-31,34-37,45H,9-24H2,1-8H3/t30-,31-,34+,35-,36-,37-/m1/s1. The van der Waals surface area contributed by atoms with E-state index >= 15 is 0 Å². The van der Waals surface area contributed by atoms with Gasteiger partial charge in [0.15, 0.2) is 0 Å². The van der Waals surface area contributed by atoms with Crippen molar-refractivity contribution in [3.8, 4) is 23.0 Å². The Morgan fingerprint density at radius 2 is 1.31 bits per heavy atom. The molecule has 0 bridgehead atoms. The second kappa shape index (κ2) is 16.6. The highest BCUT2D eigenvalue weighted by Gasteiger charge is 2.47. The molecule has 1 aliphatic heterocycles. The fourth-order valence-electron chi connectivity index (χ4n) is 9.56. The molecule has 3 aliphatic rings. The molecule has 0 radical (unpaired) electrons. The summed E-state index contributed by atoms with van der Waals surface area (Å²) in [7, 11) is 0. The highest BCUT2D eigenvalue weighted by Crippen LogP contribution is 2.56. The van der Waals surface area contributed by atoms with Gasteiger partial charge in [0.25, 0.3) is 0 Å². The summed E-state index contributed by atoms with van der Waals surface area (Å²) < 4.78 is 20.3. The minimum Gasteiger partial charge on any atom is -0.508 e. The van der Waals surface area contributed by atoms with Crippen LogP contribution in [-0.4, -0.2) is 23.9 Å². The van der Waals surface area contributed by atoms with Gasteiger partial charge in [-0.1, -0.05) is 80.1 Å². The van der Waals surface area contributed by atoms with Crippen LogP contribution >= 0.6 is 0 Å². The van der Waals surface area contributed by atoms with Gasteiger partial charge in [-0.25, -0.2) is 0 Å². The smallest absolute Gasteiger partial charge is 0.127 e. The molecule has 2 aromatic carbocycles. The van der Waals surface area contributed by atoms with Crippen molar-refractivity contribution in [3.05, 3.63) is 46.5 Å². The molecular formula is C44H68O4. The summed E-state index contributed by atoms with van der Waals surface area (Å²) in [5.41, 5.74) is 4.64. The minimum atomic E-state index is -0.175. The van der Waals surface area contributed by atoms with Crippen LogP contribution in [0.4, 0.5) is 0 Å². The number of aryl methyl sites for hydroxylation is 2. The van der Waals surface area contributed by atoms with Crippen molar-refractivity contribution in [2.24, 2.45) is 29.6 Å². The van der Waals surface area contributed by atoms with Crippen LogP contribution in [0.3, 0.4) is 0 Å². The third-order valence-corrected chi connectivity index (χ3v) is 12.2. The van der Waals surface area contributed by atoms with E-state index in [0.29, 0.717) is 60.4 Å². The second-order valence-corrected chi connectivity index (χ2v) is 16.9. The van der Waals surface area contributed by atoms with Gasteiger partial charge in [0.1, 0.15) is 41.8 Å². The zero-order chi connectivity index (χ0) is 34.4. The van der Waals surface area contributed by atoms with Crippen LogP contribution in [0.15, 0.2) is 24.3 Å². The van der Waals surface area contributed by atoms with Crippen LogP contribution in [0.25, 0.3) is 0 Å². The molecule has 0 aromatic heterocycles. The quantitative estimate of drug-likeness (QED) is 0.193. The summed E-state index contributed by atoms with van der Waals surface area (Å²) in [6, 6.07) is 8.90. The molecule has 2 fully saturated rings. The first-order valence-corrected chi connectivity index (χ1v) is 20.0. The Bertz CT molecular complexity index is 1330. The van der Waals surface area contributed by atoms with Crippen molar-refractivity contribution in [1.82, 2.24) is 0 Å². The molecule has 2 saturated carbocycles. The maximum absolute atomic E-state index is 11.6. The maximum Gasteiger partial charge on any atom is 0.127 e. The van der Waals surface area contributed by atoms with Crippen molar-refractivity contribution in [2.75, 3.05) is 13.2 Å². The third-order valence-electron chi connectivity index (χ3n) is 12.2. The largest absolute Gasteiger partial charge is 0.508 e. The molecule has 0 spiro atoms. The molecule has 48 heavy (non-hydrogen) atoms. The molecule has 6 atom stereocenters. The number of hydrogen-bond acceptors (Lipinski definition) is 4. The first-order valence-electron chi connectivity index (χ1n) is 20.0. The number of aromatic hydroxyl groups is 1. The number of phenols is 1. The molecule has 5 rings (SSSR count). The summed E-state index contributed by atoms with van der Waals surface area (Å²) >= 11 is 0. The predicted octanol–water partition coefficient (Wildman–Crippen LogP) is 12.2. The molecule has 1 N–H and O–H groups in total. The van der Waals surface area contributed by atoms with Gasteiger partial charge in [-0.15, -0.1) is 0 Å². The highest BCUT2D eigenvalue weighted by atomic mass is 16.5. The van der Waals surface area contributed by atoms with Gasteiger partial charge in [0.2, 0.25) is 0 Å². The Balaban J connectivity index is 1.40. The van der Waals surface area contributed by atoms with Crippen molar-refractivity contribution in [1.29, 1.82) is 0 Å². The molecule has 0 unspecified atom stereocenters. The second-order valence-electron chi connectivity index (χ2n) is 16.9. The Labute approximate surface area is 293 Å².